The molecule has 0 fully saturated rings. The zero-order valence-electron chi connectivity index (χ0n) is 11.9. The van der Waals surface area contributed by atoms with Crippen LogP contribution in [-0.2, 0) is 0 Å². The summed E-state index contributed by atoms with van der Waals surface area (Å²) in [6, 6.07) is 0. The smallest absolute Gasteiger partial charge is 0.00789 e. The van der Waals surface area contributed by atoms with Crippen molar-refractivity contribution < 1.29 is 0 Å². The Morgan fingerprint density at radius 1 is 1.15 bits per heavy atom. The van der Waals surface area contributed by atoms with Crippen molar-refractivity contribution in [3.05, 3.63) is 58.2 Å². The van der Waals surface area contributed by atoms with E-state index in [9.17, 15) is 0 Å². The maximum Gasteiger partial charge on any atom is 0.00789 e. The number of thiol groups is 1. The van der Waals surface area contributed by atoms with Gasteiger partial charge in [-0.1, -0.05) is 36.5 Å². The summed E-state index contributed by atoms with van der Waals surface area (Å²) in [4.78, 5) is 1.29. The van der Waals surface area contributed by atoms with Crippen LogP contribution in [0.4, 0.5) is 0 Å². The van der Waals surface area contributed by atoms with Crippen LogP contribution >= 0.6 is 12.6 Å². The molecule has 0 aliphatic heterocycles. The zero-order valence-corrected chi connectivity index (χ0v) is 12.8. The van der Waals surface area contributed by atoms with Gasteiger partial charge in [-0.15, -0.1) is 12.6 Å². The average molecular weight is 285 g/mol. The van der Waals surface area contributed by atoms with Crippen LogP contribution in [0.3, 0.4) is 0 Å². The molecule has 0 bridgehead atoms. The first-order valence-electron chi connectivity index (χ1n) is 7.65. The molecule has 2 atom stereocenters. The highest BCUT2D eigenvalue weighted by atomic mass is 32.1. The first-order chi connectivity index (χ1) is 9.75. The Hall–Kier alpha value is -1.15. The van der Waals surface area contributed by atoms with E-state index in [4.69, 9.17) is 18.4 Å². The zero-order chi connectivity index (χ0) is 13.9. The molecule has 0 amide bonds. The number of rotatable bonds is 2. The second-order valence-corrected chi connectivity index (χ2v) is 6.53. The number of allylic oxidation sites excluding steroid dienone is 10. The number of hydrogen-bond donors (Lipinski definition) is 2. The summed E-state index contributed by atoms with van der Waals surface area (Å²) in [7, 11) is 0. The van der Waals surface area contributed by atoms with Gasteiger partial charge in [-0.25, -0.2) is 0 Å². The van der Waals surface area contributed by atoms with Crippen molar-refractivity contribution in [1.82, 2.24) is 0 Å². The minimum absolute atomic E-state index is 0.513. The van der Waals surface area contributed by atoms with E-state index >= 15 is 0 Å². The fourth-order valence-corrected chi connectivity index (χ4v) is 3.91. The summed E-state index contributed by atoms with van der Waals surface area (Å²) in [5.74, 6) is 1.12. The van der Waals surface area contributed by atoms with Crippen molar-refractivity contribution in [3.63, 3.8) is 0 Å². The molecule has 0 aromatic carbocycles. The van der Waals surface area contributed by atoms with Crippen molar-refractivity contribution in [2.24, 2.45) is 17.6 Å². The molecule has 0 heterocycles. The van der Waals surface area contributed by atoms with Crippen LogP contribution in [0.2, 0.25) is 0 Å². The van der Waals surface area contributed by atoms with Crippen molar-refractivity contribution >= 4 is 12.6 Å². The molecule has 3 aliphatic rings. The van der Waals surface area contributed by atoms with E-state index in [2.05, 4.69) is 36.5 Å². The van der Waals surface area contributed by atoms with Crippen LogP contribution in [0.1, 0.15) is 38.5 Å². The summed E-state index contributed by atoms with van der Waals surface area (Å²) < 4.78 is 0. The van der Waals surface area contributed by atoms with Crippen LogP contribution in [0.5, 0.6) is 0 Å². The normalized spacial score (nSPS) is 30.2. The van der Waals surface area contributed by atoms with Gasteiger partial charge in [0.2, 0.25) is 0 Å². The quantitative estimate of drug-likeness (QED) is 0.709. The van der Waals surface area contributed by atoms with E-state index < -0.39 is 0 Å². The Labute approximate surface area is 127 Å². The van der Waals surface area contributed by atoms with Gasteiger partial charge in [-0.3, -0.25) is 0 Å². The molecule has 0 spiro atoms. The lowest BCUT2D eigenvalue weighted by molar-refractivity contribution is 0.490. The van der Waals surface area contributed by atoms with Gasteiger partial charge in [-0.2, -0.15) is 0 Å². The highest BCUT2D eigenvalue weighted by molar-refractivity contribution is 7.84. The monoisotopic (exact) mass is 285 g/mol. The van der Waals surface area contributed by atoms with Gasteiger partial charge in [0.05, 0.1) is 0 Å². The molecule has 3 aliphatic carbocycles. The lowest BCUT2D eigenvalue weighted by Crippen LogP contribution is -2.21. The van der Waals surface area contributed by atoms with Crippen LogP contribution in [0, 0.1) is 11.8 Å². The van der Waals surface area contributed by atoms with Gasteiger partial charge in [0.25, 0.3) is 0 Å². The summed E-state index contributed by atoms with van der Waals surface area (Å²) in [6.07, 6.45) is 20.1. The Morgan fingerprint density at radius 2 is 2.05 bits per heavy atom. The van der Waals surface area contributed by atoms with Crippen molar-refractivity contribution in [1.29, 1.82) is 0 Å². The maximum absolute atomic E-state index is 6.30. The van der Waals surface area contributed by atoms with Crippen LogP contribution in [-0.4, -0.2) is 0 Å². The third-order valence-corrected chi connectivity index (χ3v) is 5.17. The lowest BCUT2D eigenvalue weighted by atomic mass is 9.75. The molecular weight excluding hydrogens is 262 g/mol. The molecule has 2 heteroatoms. The Balaban J connectivity index is 1.80. The molecule has 3 rings (SSSR count). The Bertz CT molecular complexity index is 534. The molecule has 0 saturated carbocycles. The summed E-state index contributed by atoms with van der Waals surface area (Å²) >= 11 is 4.70. The summed E-state index contributed by atoms with van der Waals surface area (Å²) in [6.45, 7) is 0. The van der Waals surface area contributed by atoms with Gasteiger partial charge < -0.3 is 5.73 Å². The fraction of sp³-hybridized carbons (Fsp3) is 0.444. The Kier molecular flexibility index (Phi) is 4.21. The highest BCUT2D eigenvalue weighted by Crippen LogP contribution is 2.41. The Morgan fingerprint density at radius 3 is 2.80 bits per heavy atom. The van der Waals surface area contributed by atoms with Crippen molar-refractivity contribution in [2.45, 2.75) is 38.5 Å². The third kappa shape index (κ3) is 2.80. The molecule has 20 heavy (non-hydrogen) atoms. The molecule has 0 aromatic rings. The SMILES string of the molecule is NC1=C(C2C=CC=CC2)CC(C2=C(S)CCC=C2)CC1. The molecule has 2 N–H and O–H groups in total. The van der Waals surface area contributed by atoms with E-state index in [1.54, 1.807) is 0 Å². The minimum atomic E-state index is 0.513. The predicted molar refractivity (Wildman–Crippen MR) is 89.3 cm³/mol. The second-order valence-electron chi connectivity index (χ2n) is 5.99. The van der Waals surface area contributed by atoms with E-state index in [1.165, 1.54) is 22.5 Å². The van der Waals surface area contributed by atoms with Crippen molar-refractivity contribution in [3.8, 4) is 0 Å². The first kappa shape index (κ1) is 13.8. The van der Waals surface area contributed by atoms with E-state index in [-0.39, 0.29) is 0 Å². The van der Waals surface area contributed by atoms with Crippen LogP contribution in [0.15, 0.2) is 58.2 Å². The fourth-order valence-electron chi connectivity index (χ4n) is 3.53. The number of hydrogen-bond acceptors (Lipinski definition) is 2. The van der Waals surface area contributed by atoms with Crippen LogP contribution in [0.25, 0.3) is 0 Å². The second kappa shape index (κ2) is 6.09. The predicted octanol–water partition coefficient (Wildman–Crippen LogP) is 4.67. The summed E-state index contributed by atoms with van der Waals surface area (Å²) in [5.41, 5.74) is 10.4. The molecule has 2 unspecified atom stereocenters. The van der Waals surface area contributed by atoms with Crippen LogP contribution < -0.4 is 5.73 Å². The average Bonchev–Trinajstić information content (AvgIpc) is 2.49. The topological polar surface area (TPSA) is 26.0 Å². The van der Waals surface area contributed by atoms with Gasteiger partial charge in [-0.05, 0) is 60.5 Å². The molecule has 1 nitrogen and oxygen atoms in total. The minimum Gasteiger partial charge on any atom is -0.402 e. The highest BCUT2D eigenvalue weighted by Gasteiger charge is 2.27. The molecular formula is C18H23NS. The first-order valence-corrected chi connectivity index (χ1v) is 8.09. The molecule has 106 valence electrons. The molecule has 0 saturated heterocycles. The van der Waals surface area contributed by atoms with Crippen molar-refractivity contribution in [2.75, 3.05) is 0 Å². The third-order valence-electron chi connectivity index (χ3n) is 4.69. The van der Waals surface area contributed by atoms with E-state index in [0.717, 1.165) is 37.8 Å². The summed E-state index contributed by atoms with van der Waals surface area (Å²) in [5, 5.41) is 0. The molecule has 0 aromatic heterocycles. The maximum atomic E-state index is 6.30. The lowest BCUT2D eigenvalue weighted by Gasteiger charge is -2.32. The van der Waals surface area contributed by atoms with Gasteiger partial charge in [0.15, 0.2) is 0 Å². The standard InChI is InChI=1S/C18H23NS/c19-17-11-10-14(15-8-4-5-9-18(15)20)12-16(17)13-6-2-1-3-7-13/h1-4,6,8,13-14,20H,5,7,9-12,19H2. The van der Waals surface area contributed by atoms with Gasteiger partial charge in [0, 0.05) is 11.6 Å². The number of nitrogens with two attached hydrogens (primary N) is 1. The van der Waals surface area contributed by atoms with Gasteiger partial charge in [0.1, 0.15) is 0 Å². The van der Waals surface area contributed by atoms with E-state index in [0.29, 0.717) is 11.8 Å². The molecule has 0 radical (unpaired) electrons. The largest absolute Gasteiger partial charge is 0.402 e. The van der Waals surface area contributed by atoms with E-state index in [1.807, 2.05) is 0 Å². The van der Waals surface area contributed by atoms with Gasteiger partial charge >= 0.3 is 0 Å².